The zero-order valence-electron chi connectivity index (χ0n) is 11.7. The molecule has 0 spiro atoms. The summed E-state index contributed by atoms with van der Waals surface area (Å²) >= 11 is 5.53. The molecule has 0 saturated heterocycles. The van der Waals surface area contributed by atoms with Crippen molar-refractivity contribution in [1.29, 1.82) is 0 Å². The standard InChI is InChI=1S/C13H17ClFN3O2.ClH/c1-7(2)12(16)13(20)17-6-11(19)18-8-3-4-9(14)10(15)5-8;/h3-5,7,12H,6,16H2,1-2H3,(H,17,20)(H,18,19);1H/t12-;/m0./s1. The summed E-state index contributed by atoms with van der Waals surface area (Å²) in [5.41, 5.74) is 5.89. The van der Waals surface area contributed by atoms with Crippen LogP contribution >= 0.6 is 24.0 Å². The van der Waals surface area contributed by atoms with Crippen LogP contribution in [0.3, 0.4) is 0 Å². The average Bonchev–Trinajstić information content (AvgIpc) is 2.39. The number of nitrogens with two attached hydrogens (primary N) is 1. The summed E-state index contributed by atoms with van der Waals surface area (Å²) in [5, 5.41) is 4.83. The maximum atomic E-state index is 13.2. The summed E-state index contributed by atoms with van der Waals surface area (Å²) in [5.74, 6) is -1.53. The average molecular weight is 338 g/mol. The van der Waals surface area contributed by atoms with E-state index >= 15 is 0 Å². The van der Waals surface area contributed by atoms with E-state index in [2.05, 4.69) is 10.6 Å². The normalized spacial score (nSPS) is 11.5. The lowest BCUT2D eigenvalue weighted by Gasteiger charge is -2.15. The number of hydrogen-bond donors (Lipinski definition) is 3. The minimum atomic E-state index is -0.671. The zero-order chi connectivity index (χ0) is 15.3. The summed E-state index contributed by atoms with van der Waals surface area (Å²) in [4.78, 5) is 23.1. The van der Waals surface area contributed by atoms with E-state index in [9.17, 15) is 14.0 Å². The molecule has 0 aliphatic heterocycles. The maximum Gasteiger partial charge on any atom is 0.243 e. The molecule has 1 aromatic carbocycles. The summed E-state index contributed by atoms with van der Waals surface area (Å²) < 4.78 is 13.2. The van der Waals surface area contributed by atoms with Crippen LogP contribution in [0.25, 0.3) is 0 Å². The number of benzene rings is 1. The molecular weight excluding hydrogens is 320 g/mol. The van der Waals surface area contributed by atoms with Gasteiger partial charge in [-0.1, -0.05) is 25.4 Å². The largest absolute Gasteiger partial charge is 0.346 e. The molecule has 0 aliphatic carbocycles. The van der Waals surface area contributed by atoms with E-state index in [4.69, 9.17) is 17.3 Å². The molecule has 0 radical (unpaired) electrons. The van der Waals surface area contributed by atoms with Crippen molar-refractivity contribution in [3.8, 4) is 0 Å². The fourth-order valence-electron chi connectivity index (χ4n) is 1.37. The molecular formula is C13H18Cl2FN3O2. The van der Waals surface area contributed by atoms with Gasteiger partial charge in [-0.3, -0.25) is 9.59 Å². The molecule has 1 aromatic rings. The van der Waals surface area contributed by atoms with Gasteiger partial charge in [0.2, 0.25) is 11.8 Å². The number of nitrogens with one attached hydrogen (secondary N) is 2. The molecule has 0 aromatic heterocycles. The van der Waals surface area contributed by atoms with Crippen LogP contribution in [0.5, 0.6) is 0 Å². The molecule has 5 nitrogen and oxygen atoms in total. The second-order valence-corrected chi connectivity index (χ2v) is 5.07. The van der Waals surface area contributed by atoms with Gasteiger partial charge in [-0.05, 0) is 24.1 Å². The van der Waals surface area contributed by atoms with Gasteiger partial charge >= 0.3 is 0 Å². The Hall–Kier alpha value is -1.37. The number of carbonyl (C=O) groups is 2. The highest BCUT2D eigenvalue weighted by Gasteiger charge is 2.17. The topological polar surface area (TPSA) is 84.2 Å². The second kappa shape index (κ2) is 8.81. The Kier molecular flexibility index (Phi) is 8.24. The van der Waals surface area contributed by atoms with Crippen molar-refractivity contribution in [1.82, 2.24) is 5.32 Å². The van der Waals surface area contributed by atoms with Gasteiger partial charge < -0.3 is 16.4 Å². The molecule has 4 N–H and O–H groups in total. The fraction of sp³-hybridized carbons (Fsp3) is 0.385. The highest BCUT2D eigenvalue weighted by Crippen LogP contribution is 2.18. The molecule has 1 atom stereocenters. The predicted molar refractivity (Wildman–Crippen MR) is 83.1 cm³/mol. The maximum absolute atomic E-state index is 13.2. The molecule has 21 heavy (non-hydrogen) atoms. The van der Waals surface area contributed by atoms with Crippen LogP contribution in [0, 0.1) is 11.7 Å². The first kappa shape index (κ1) is 19.6. The molecule has 0 heterocycles. The molecule has 118 valence electrons. The van der Waals surface area contributed by atoms with E-state index in [1.807, 2.05) is 0 Å². The lowest BCUT2D eigenvalue weighted by atomic mass is 10.1. The summed E-state index contributed by atoms with van der Waals surface area (Å²) in [6, 6.07) is 3.22. The molecule has 0 fully saturated rings. The number of amides is 2. The van der Waals surface area contributed by atoms with Crippen LogP contribution in [-0.2, 0) is 9.59 Å². The smallest absolute Gasteiger partial charge is 0.243 e. The molecule has 1 rings (SSSR count). The minimum absolute atomic E-state index is 0. The van der Waals surface area contributed by atoms with Gasteiger partial charge in [0.15, 0.2) is 0 Å². The van der Waals surface area contributed by atoms with Crippen LogP contribution in [-0.4, -0.2) is 24.4 Å². The third-order valence-electron chi connectivity index (χ3n) is 2.65. The summed E-state index contributed by atoms with van der Waals surface area (Å²) in [6.45, 7) is 3.38. The van der Waals surface area contributed by atoms with Gasteiger partial charge in [0.05, 0.1) is 17.6 Å². The van der Waals surface area contributed by atoms with Crippen molar-refractivity contribution in [3.63, 3.8) is 0 Å². The molecule has 8 heteroatoms. The molecule has 0 unspecified atom stereocenters. The Morgan fingerprint density at radius 2 is 2.00 bits per heavy atom. The van der Waals surface area contributed by atoms with Crippen molar-refractivity contribution in [2.24, 2.45) is 11.7 Å². The van der Waals surface area contributed by atoms with E-state index < -0.39 is 23.7 Å². The van der Waals surface area contributed by atoms with Crippen LogP contribution in [0.15, 0.2) is 18.2 Å². The minimum Gasteiger partial charge on any atom is -0.346 e. The van der Waals surface area contributed by atoms with Crippen molar-refractivity contribution < 1.29 is 14.0 Å². The molecule has 0 saturated carbocycles. The third kappa shape index (κ3) is 6.29. The predicted octanol–water partition coefficient (Wildman–Crippen LogP) is 1.94. The van der Waals surface area contributed by atoms with Gasteiger partial charge in [-0.25, -0.2) is 4.39 Å². The van der Waals surface area contributed by atoms with Crippen LogP contribution in [0.1, 0.15) is 13.8 Å². The van der Waals surface area contributed by atoms with Gasteiger partial charge in [0, 0.05) is 5.69 Å². The molecule has 0 aliphatic rings. The number of halogens is 3. The van der Waals surface area contributed by atoms with E-state index in [1.54, 1.807) is 13.8 Å². The van der Waals surface area contributed by atoms with Gasteiger partial charge in [-0.2, -0.15) is 0 Å². The Balaban J connectivity index is 0.00000400. The second-order valence-electron chi connectivity index (χ2n) is 4.66. The zero-order valence-corrected chi connectivity index (χ0v) is 13.2. The number of carbonyl (C=O) groups excluding carboxylic acids is 2. The summed E-state index contributed by atoms with van der Waals surface area (Å²) in [7, 11) is 0. The Morgan fingerprint density at radius 3 is 2.52 bits per heavy atom. The van der Waals surface area contributed by atoms with Crippen LogP contribution in [0.2, 0.25) is 5.02 Å². The highest BCUT2D eigenvalue weighted by atomic mass is 35.5. The quantitative estimate of drug-likeness (QED) is 0.767. The first-order chi connectivity index (χ1) is 9.31. The van der Waals surface area contributed by atoms with Crippen LogP contribution < -0.4 is 16.4 Å². The number of anilines is 1. The van der Waals surface area contributed by atoms with Crippen molar-refractivity contribution in [2.75, 3.05) is 11.9 Å². The van der Waals surface area contributed by atoms with E-state index in [0.717, 1.165) is 6.07 Å². The van der Waals surface area contributed by atoms with E-state index in [0.29, 0.717) is 0 Å². The highest BCUT2D eigenvalue weighted by molar-refractivity contribution is 6.30. The first-order valence-corrected chi connectivity index (χ1v) is 6.47. The SMILES string of the molecule is CC(C)[C@H](N)C(=O)NCC(=O)Nc1ccc(Cl)c(F)c1.Cl. The lowest BCUT2D eigenvalue weighted by molar-refractivity contribution is -0.125. The van der Waals surface area contributed by atoms with Gasteiger partial charge in [0.25, 0.3) is 0 Å². The van der Waals surface area contributed by atoms with Crippen molar-refractivity contribution in [2.45, 2.75) is 19.9 Å². The summed E-state index contributed by atoms with van der Waals surface area (Å²) in [6.07, 6.45) is 0. The van der Waals surface area contributed by atoms with Gasteiger partial charge in [-0.15, -0.1) is 12.4 Å². The van der Waals surface area contributed by atoms with Crippen molar-refractivity contribution in [3.05, 3.63) is 29.0 Å². The van der Waals surface area contributed by atoms with Crippen molar-refractivity contribution >= 4 is 41.5 Å². The third-order valence-corrected chi connectivity index (χ3v) is 2.95. The molecule has 2 amide bonds. The van der Waals surface area contributed by atoms with E-state index in [-0.39, 0.29) is 35.6 Å². The number of rotatable bonds is 5. The van der Waals surface area contributed by atoms with Gasteiger partial charge in [0.1, 0.15) is 5.82 Å². The first-order valence-electron chi connectivity index (χ1n) is 6.09. The van der Waals surface area contributed by atoms with Crippen LogP contribution in [0.4, 0.5) is 10.1 Å². The monoisotopic (exact) mass is 337 g/mol. The Labute approximate surface area is 133 Å². The van der Waals surface area contributed by atoms with E-state index in [1.165, 1.54) is 12.1 Å². The Bertz CT molecular complexity index is 512. The lowest BCUT2D eigenvalue weighted by Crippen LogP contribution is -2.46. The molecule has 0 bridgehead atoms. The fourth-order valence-corrected chi connectivity index (χ4v) is 1.48. The Morgan fingerprint density at radius 1 is 1.38 bits per heavy atom. The number of hydrogen-bond acceptors (Lipinski definition) is 3.